The lowest BCUT2D eigenvalue weighted by Gasteiger charge is -2.39. The Morgan fingerprint density at radius 3 is 2.94 bits per heavy atom. The topological polar surface area (TPSA) is 63.4 Å². The minimum absolute atomic E-state index is 0.0465. The molecule has 4 nitrogen and oxygen atoms in total. The van der Waals surface area contributed by atoms with Crippen molar-refractivity contribution in [2.45, 2.75) is 31.7 Å². The summed E-state index contributed by atoms with van der Waals surface area (Å²) in [6.45, 7) is 0. The highest BCUT2D eigenvalue weighted by Gasteiger charge is 2.43. The quantitative estimate of drug-likeness (QED) is 0.626. The van der Waals surface area contributed by atoms with E-state index >= 15 is 0 Å². The maximum absolute atomic E-state index is 12.1. The number of hydrogen-bond acceptors (Lipinski definition) is 3. The molecule has 1 aliphatic heterocycles. The van der Waals surface area contributed by atoms with Crippen molar-refractivity contribution in [2.24, 2.45) is 11.7 Å². The van der Waals surface area contributed by atoms with Gasteiger partial charge in [0.1, 0.15) is 0 Å². The average Bonchev–Trinajstić information content (AvgIpc) is 2.32. The number of nitrogens with zero attached hydrogens (tertiary/aromatic N) is 1. The molecule has 0 spiro atoms. The van der Waals surface area contributed by atoms with Crippen molar-refractivity contribution in [3.63, 3.8) is 0 Å². The summed E-state index contributed by atoms with van der Waals surface area (Å²) in [5.41, 5.74) is 8.88. The third-order valence-corrected chi connectivity index (χ3v) is 4.02. The second kappa shape index (κ2) is 3.53. The first-order valence-corrected chi connectivity index (χ1v) is 6.11. The van der Waals surface area contributed by atoms with Crippen LogP contribution in [0.2, 0.25) is 0 Å². The van der Waals surface area contributed by atoms with Crippen LogP contribution in [0.15, 0.2) is 22.8 Å². The van der Waals surface area contributed by atoms with Gasteiger partial charge in [0.2, 0.25) is 5.91 Å². The van der Waals surface area contributed by atoms with Crippen LogP contribution in [0.4, 0.5) is 0 Å². The molecule has 2 atom stereocenters. The number of hydrogen-bond donors (Lipinski definition) is 1. The summed E-state index contributed by atoms with van der Waals surface area (Å²) < 4.78 is 0. The fourth-order valence-corrected chi connectivity index (χ4v) is 3.23. The van der Waals surface area contributed by atoms with Crippen molar-refractivity contribution in [2.75, 3.05) is 7.05 Å². The third kappa shape index (κ3) is 1.40. The van der Waals surface area contributed by atoms with Crippen molar-refractivity contribution in [3.05, 3.63) is 22.8 Å². The zero-order valence-electron chi connectivity index (χ0n) is 9.90. The number of likely N-dealkylation sites (tertiary alicyclic amines) is 1. The van der Waals surface area contributed by atoms with E-state index in [1.807, 2.05) is 6.08 Å². The summed E-state index contributed by atoms with van der Waals surface area (Å²) in [4.78, 5) is 25.4. The van der Waals surface area contributed by atoms with Gasteiger partial charge in [-0.2, -0.15) is 0 Å². The van der Waals surface area contributed by atoms with Gasteiger partial charge >= 0.3 is 0 Å². The zero-order chi connectivity index (χ0) is 12.2. The molecule has 0 radical (unpaired) electrons. The summed E-state index contributed by atoms with van der Waals surface area (Å²) >= 11 is 0. The highest BCUT2D eigenvalue weighted by atomic mass is 16.2. The van der Waals surface area contributed by atoms with Gasteiger partial charge in [0.25, 0.3) is 5.91 Å². The molecular weight excluding hydrogens is 216 g/mol. The van der Waals surface area contributed by atoms with Gasteiger partial charge in [-0.25, -0.2) is 0 Å². The van der Waals surface area contributed by atoms with Crippen LogP contribution in [-0.4, -0.2) is 29.8 Å². The summed E-state index contributed by atoms with van der Waals surface area (Å²) in [7, 11) is 1.57. The van der Waals surface area contributed by atoms with Gasteiger partial charge in [0, 0.05) is 18.7 Å². The lowest BCUT2D eigenvalue weighted by atomic mass is 9.71. The monoisotopic (exact) mass is 232 g/mol. The first kappa shape index (κ1) is 10.7. The molecule has 3 rings (SSSR count). The second-order valence-electron chi connectivity index (χ2n) is 5.11. The van der Waals surface area contributed by atoms with E-state index in [1.165, 1.54) is 10.5 Å². The van der Waals surface area contributed by atoms with Gasteiger partial charge in [-0.1, -0.05) is 11.6 Å². The average molecular weight is 232 g/mol. The molecule has 2 aliphatic carbocycles. The molecule has 1 saturated heterocycles. The standard InChI is InChI=1S/C13H16N2O2/c1-15-12(16)9-4-2-3-7-5-8(14)6-10(11(7)9)13(15)17/h6,8-9H,2-5,14H2,1H3. The summed E-state index contributed by atoms with van der Waals surface area (Å²) in [5.74, 6) is -0.328. The van der Waals surface area contributed by atoms with E-state index in [2.05, 4.69) is 0 Å². The number of imide groups is 1. The van der Waals surface area contributed by atoms with E-state index in [0.29, 0.717) is 5.57 Å². The summed E-state index contributed by atoms with van der Waals surface area (Å²) in [6, 6.07) is -0.0759. The van der Waals surface area contributed by atoms with Crippen LogP contribution in [0, 0.1) is 5.92 Å². The molecule has 1 fully saturated rings. The first-order chi connectivity index (χ1) is 8.09. The van der Waals surface area contributed by atoms with Crippen molar-refractivity contribution in [1.29, 1.82) is 0 Å². The summed E-state index contributed by atoms with van der Waals surface area (Å²) in [6.07, 6.45) is 5.52. The predicted octanol–water partition coefficient (Wildman–Crippen LogP) is 0.739. The Bertz CT molecular complexity index is 476. The molecule has 0 aromatic carbocycles. The van der Waals surface area contributed by atoms with E-state index in [4.69, 9.17) is 5.73 Å². The highest BCUT2D eigenvalue weighted by molar-refractivity contribution is 6.13. The molecule has 1 heterocycles. The lowest BCUT2D eigenvalue weighted by Crippen LogP contribution is -2.48. The van der Waals surface area contributed by atoms with Crippen LogP contribution in [-0.2, 0) is 9.59 Å². The van der Waals surface area contributed by atoms with Crippen LogP contribution in [0.25, 0.3) is 0 Å². The molecule has 0 saturated carbocycles. The van der Waals surface area contributed by atoms with Gasteiger partial charge < -0.3 is 5.73 Å². The Morgan fingerprint density at radius 1 is 1.41 bits per heavy atom. The molecule has 0 aromatic rings. The van der Waals surface area contributed by atoms with Gasteiger partial charge in [0.15, 0.2) is 0 Å². The smallest absolute Gasteiger partial charge is 0.260 e. The number of piperidine rings is 1. The summed E-state index contributed by atoms with van der Waals surface area (Å²) in [5, 5.41) is 0. The molecule has 0 bridgehead atoms. The predicted molar refractivity (Wildman–Crippen MR) is 62.8 cm³/mol. The van der Waals surface area contributed by atoms with Gasteiger partial charge in [0.05, 0.1) is 5.92 Å². The molecule has 4 heteroatoms. The molecule has 2 N–H and O–H groups in total. The maximum atomic E-state index is 12.1. The molecule has 17 heavy (non-hydrogen) atoms. The second-order valence-corrected chi connectivity index (χ2v) is 5.11. The largest absolute Gasteiger partial charge is 0.324 e. The Labute approximate surface area is 100 Å². The van der Waals surface area contributed by atoms with Crippen molar-refractivity contribution in [1.82, 2.24) is 4.90 Å². The lowest BCUT2D eigenvalue weighted by molar-refractivity contribution is -0.145. The van der Waals surface area contributed by atoms with Gasteiger partial charge in [-0.3, -0.25) is 14.5 Å². The van der Waals surface area contributed by atoms with Crippen molar-refractivity contribution >= 4 is 11.8 Å². The fourth-order valence-electron chi connectivity index (χ4n) is 3.23. The maximum Gasteiger partial charge on any atom is 0.260 e. The fraction of sp³-hybridized carbons (Fsp3) is 0.538. The van der Waals surface area contributed by atoms with Crippen LogP contribution >= 0.6 is 0 Å². The Morgan fingerprint density at radius 2 is 2.18 bits per heavy atom. The van der Waals surface area contributed by atoms with Gasteiger partial charge in [-0.05, 0) is 31.3 Å². The zero-order valence-corrected chi connectivity index (χ0v) is 9.90. The Kier molecular flexibility index (Phi) is 2.23. The number of likely N-dealkylation sites (N-methyl/N-ethyl adjacent to an activating group) is 1. The normalized spacial score (nSPS) is 32.6. The molecule has 90 valence electrons. The van der Waals surface area contributed by atoms with E-state index in [9.17, 15) is 9.59 Å². The van der Waals surface area contributed by atoms with E-state index < -0.39 is 0 Å². The van der Waals surface area contributed by atoms with Crippen molar-refractivity contribution in [3.8, 4) is 0 Å². The molecule has 2 unspecified atom stereocenters. The Hall–Kier alpha value is -1.42. The van der Waals surface area contributed by atoms with E-state index in [-0.39, 0.29) is 23.8 Å². The number of carbonyl (C=O) groups is 2. The minimum Gasteiger partial charge on any atom is -0.324 e. The molecule has 2 amide bonds. The Balaban J connectivity index is 2.16. The molecule has 0 aromatic heterocycles. The highest BCUT2D eigenvalue weighted by Crippen LogP contribution is 2.43. The number of rotatable bonds is 0. The molecule has 3 aliphatic rings. The van der Waals surface area contributed by atoms with Crippen LogP contribution in [0.5, 0.6) is 0 Å². The van der Waals surface area contributed by atoms with E-state index in [1.54, 1.807) is 7.05 Å². The van der Waals surface area contributed by atoms with Crippen LogP contribution in [0.3, 0.4) is 0 Å². The first-order valence-electron chi connectivity index (χ1n) is 6.11. The van der Waals surface area contributed by atoms with Crippen LogP contribution < -0.4 is 5.73 Å². The number of amides is 2. The number of carbonyl (C=O) groups excluding carboxylic acids is 2. The van der Waals surface area contributed by atoms with Gasteiger partial charge in [-0.15, -0.1) is 0 Å². The minimum atomic E-state index is -0.184. The number of nitrogens with two attached hydrogens (primary N) is 1. The van der Waals surface area contributed by atoms with Crippen LogP contribution in [0.1, 0.15) is 25.7 Å². The van der Waals surface area contributed by atoms with E-state index in [0.717, 1.165) is 31.3 Å². The third-order valence-electron chi connectivity index (χ3n) is 4.02. The molecular formula is C13H16N2O2. The SMILES string of the molecule is CN1C(=O)C2=CC(N)CC3=C2C(CCC3)C1=O. The van der Waals surface area contributed by atoms with Crippen molar-refractivity contribution < 1.29 is 9.59 Å².